The lowest BCUT2D eigenvalue weighted by Crippen LogP contribution is -2.36. The Morgan fingerprint density at radius 3 is 2.81 bits per heavy atom. The zero-order chi connectivity index (χ0) is 18.8. The van der Waals surface area contributed by atoms with Crippen molar-refractivity contribution in [3.05, 3.63) is 48.5 Å². The van der Waals surface area contributed by atoms with E-state index in [1.807, 2.05) is 43.6 Å². The molecule has 1 aliphatic rings. The van der Waals surface area contributed by atoms with E-state index in [-0.39, 0.29) is 5.92 Å². The Kier molecular flexibility index (Phi) is 4.77. The highest BCUT2D eigenvalue weighted by Gasteiger charge is 2.24. The van der Waals surface area contributed by atoms with Crippen molar-refractivity contribution in [3.8, 4) is 11.6 Å². The molecule has 7 nitrogen and oxygen atoms in total. The molecule has 1 aromatic carbocycles. The van der Waals surface area contributed by atoms with Crippen LogP contribution in [0.4, 0.5) is 0 Å². The third-order valence-corrected chi connectivity index (χ3v) is 5.10. The molecule has 1 saturated heterocycles. The molecule has 0 aliphatic carbocycles. The van der Waals surface area contributed by atoms with E-state index in [9.17, 15) is 4.79 Å². The average Bonchev–Trinajstić information content (AvgIpc) is 3.03. The molecule has 0 atom stereocenters. The summed E-state index contributed by atoms with van der Waals surface area (Å²) in [6, 6.07) is 9.85. The van der Waals surface area contributed by atoms with Gasteiger partial charge in [0, 0.05) is 36.8 Å². The maximum Gasteiger partial charge on any atom is 0.306 e. The minimum atomic E-state index is -0.692. The van der Waals surface area contributed by atoms with Gasteiger partial charge in [-0.15, -0.1) is 0 Å². The highest BCUT2D eigenvalue weighted by Crippen LogP contribution is 2.25. The number of benzene rings is 1. The Morgan fingerprint density at radius 1 is 1.22 bits per heavy atom. The number of nitrogens with zero attached hydrogens (tertiary/aromatic N) is 4. The van der Waals surface area contributed by atoms with Crippen LogP contribution >= 0.6 is 0 Å². The molecule has 4 rings (SSSR count). The van der Waals surface area contributed by atoms with Crippen molar-refractivity contribution in [1.82, 2.24) is 19.4 Å². The molecule has 1 aliphatic heterocycles. The van der Waals surface area contributed by atoms with Crippen LogP contribution in [0.3, 0.4) is 0 Å². The van der Waals surface area contributed by atoms with Gasteiger partial charge in [-0.3, -0.25) is 9.69 Å². The van der Waals surface area contributed by atoms with Gasteiger partial charge in [0.1, 0.15) is 12.1 Å². The van der Waals surface area contributed by atoms with Crippen LogP contribution in [0, 0.1) is 5.92 Å². The van der Waals surface area contributed by atoms with Crippen LogP contribution < -0.4 is 4.74 Å². The van der Waals surface area contributed by atoms with Gasteiger partial charge in [-0.05, 0) is 50.2 Å². The summed E-state index contributed by atoms with van der Waals surface area (Å²) in [5.74, 6) is 0.331. The number of fused-ring (bicyclic) bond motifs is 1. The van der Waals surface area contributed by atoms with Crippen LogP contribution in [0.15, 0.2) is 42.9 Å². The van der Waals surface area contributed by atoms with Gasteiger partial charge in [0.05, 0.1) is 11.6 Å². The molecule has 0 amide bonds. The molecular weight excluding hydrogens is 344 g/mol. The highest BCUT2D eigenvalue weighted by molar-refractivity contribution is 5.81. The zero-order valence-corrected chi connectivity index (χ0v) is 15.2. The van der Waals surface area contributed by atoms with Crippen molar-refractivity contribution in [2.75, 3.05) is 13.1 Å². The van der Waals surface area contributed by atoms with Gasteiger partial charge in [-0.25, -0.2) is 9.97 Å². The van der Waals surface area contributed by atoms with Crippen molar-refractivity contribution < 1.29 is 14.6 Å². The molecular formula is C20H22N4O3. The summed E-state index contributed by atoms with van der Waals surface area (Å²) < 4.78 is 7.98. The van der Waals surface area contributed by atoms with Crippen LogP contribution in [0.25, 0.3) is 10.9 Å². The first-order valence-corrected chi connectivity index (χ1v) is 9.07. The molecule has 1 fully saturated rings. The SMILES string of the molecule is Cn1ccc2cc(Oc3cc(CN4CCC(C(=O)O)CC4)ncn3)ccc21. The Labute approximate surface area is 157 Å². The number of carboxylic acids is 1. The Morgan fingerprint density at radius 2 is 2.04 bits per heavy atom. The smallest absolute Gasteiger partial charge is 0.306 e. The van der Waals surface area contributed by atoms with Crippen molar-refractivity contribution in [3.63, 3.8) is 0 Å². The fourth-order valence-electron chi connectivity index (χ4n) is 3.53. The number of carbonyl (C=O) groups is 1. The Balaban J connectivity index is 1.42. The molecule has 0 radical (unpaired) electrons. The fourth-order valence-corrected chi connectivity index (χ4v) is 3.53. The van der Waals surface area contributed by atoms with Gasteiger partial charge in [-0.2, -0.15) is 0 Å². The predicted molar refractivity (Wildman–Crippen MR) is 101 cm³/mol. The number of carboxylic acid groups (broad SMARTS) is 1. The normalized spacial score (nSPS) is 15.9. The van der Waals surface area contributed by atoms with Crippen LogP contribution in [0.1, 0.15) is 18.5 Å². The second-order valence-electron chi connectivity index (χ2n) is 6.99. The monoisotopic (exact) mass is 366 g/mol. The molecule has 2 aromatic heterocycles. The molecule has 27 heavy (non-hydrogen) atoms. The first kappa shape index (κ1) is 17.5. The summed E-state index contributed by atoms with van der Waals surface area (Å²) in [5, 5.41) is 10.2. The molecule has 1 N–H and O–H groups in total. The minimum absolute atomic E-state index is 0.224. The van der Waals surface area contributed by atoms with Crippen molar-refractivity contribution in [1.29, 1.82) is 0 Å². The number of aryl methyl sites for hydroxylation is 1. The first-order chi connectivity index (χ1) is 13.1. The second-order valence-corrected chi connectivity index (χ2v) is 6.99. The molecule has 3 aromatic rings. The predicted octanol–water partition coefficient (Wildman–Crippen LogP) is 3.06. The molecule has 3 heterocycles. The van der Waals surface area contributed by atoms with Gasteiger partial charge >= 0.3 is 5.97 Å². The van der Waals surface area contributed by atoms with Crippen LogP contribution in [-0.2, 0) is 18.4 Å². The summed E-state index contributed by atoms with van der Waals surface area (Å²) in [6.07, 6.45) is 4.89. The van der Waals surface area contributed by atoms with Gasteiger partial charge in [0.15, 0.2) is 0 Å². The number of hydrogen-bond donors (Lipinski definition) is 1. The molecule has 0 bridgehead atoms. The van der Waals surface area contributed by atoms with Crippen LogP contribution in [-0.4, -0.2) is 43.6 Å². The third kappa shape index (κ3) is 3.93. The van der Waals surface area contributed by atoms with E-state index in [1.54, 1.807) is 0 Å². The number of aromatic nitrogens is 3. The minimum Gasteiger partial charge on any atom is -0.481 e. The van der Waals surface area contributed by atoms with E-state index in [1.165, 1.54) is 6.33 Å². The molecule has 7 heteroatoms. The molecule has 140 valence electrons. The van der Waals surface area contributed by atoms with Gasteiger partial charge in [0.2, 0.25) is 5.88 Å². The van der Waals surface area contributed by atoms with Crippen molar-refractivity contribution in [2.24, 2.45) is 13.0 Å². The van der Waals surface area contributed by atoms with Gasteiger partial charge in [0.25, 0.3) is 0 Å². The fraction of sp³-hybridized carbons (Fsp3) is 0.350. The number of aliphatic carboxylic acids is 1. The first-order valence-electron chi connectivity index (χ1n) is 9.07. The molecule has 0 saturated carbocycles. The van der Waals surface area contributed by atoms with Crippen LogP contribution in [0.2, 0.25) is 0 Å². The Hall–Kier alpha value is -2.93. The topological polar surface area (TPSA) is 80.5 Å². The van der Waals surface area contributed by atoms with Crippen molar-refractivity contribution >= 4 is 16.9 Å². The maximum atomic E-state index is 11.1. The third-order valence-electron chi connectivity index (χ3n) is 5.10. The van der Waals surface area contributed by atoms with Gasteiger partial charge < -0.3 is 14.4 Å². The summed E-state index contributed by atoms with van der Waals surface area (Å²) in [5.41, 5.74) is 2.02. The summed E-state index contributed by atoms with van der Waals surface area (Å²) in [6.45, 7) is 2.20. The number of hydrogen-bond acceptors (Lipinski definition) is 5. The average molecular weight is 366 g/mol. The largest absolute Gasteiger partial charge is 0.481 e. The lowest BCUT2D eigenvalue weighted by Gasteiger charge is -2.29. The number of piperidine rings is 1. The van der Waals surface area contributed by atoms with Crippen LogP contribution in [0.5, 0.6) is 11.6 Å². The lowest BCUT2D eigenvalue weighted by atomic mass is 9.97. The summed E-state index contributed by atoms with van der Waals surface area (Å²) in [7, 11) is 2.01. The highest BCUT2D eigenvalue weighted by atomic mass is 16.5. The number of ether oxygens (including phenoxy) is 1. The lowest BCUT2D eigenvalue weighted by molar-refractivity contribution is -0.143. The zero-order valence-electron chi connectivity index (χ0n) is 15.2. The summed E-state index contributed by atoms with van der Waals surface area (Å²) in [4.78, 5) is 21.8. The quantitative estimate of drug-likeness (QED) is 0.747. The van der Waals surface area contributed by atoms with Crippen molar-refractivity contribution in [2.45, 2.75) is 19.4 Å². The standard InChI is InChI=1S/C20H22N4O3/c1-23-7-4-15-10-17(2-3-18(15)23)27-19-11-16(21-13-22-19)12-24-8-5-14(6-9-24)20(25)26/h2-4,7,10-11,13-14H,5-6,8-9,12H2,1H3,(H,25,26). The summed E-state index contributed by atoms with van der Waals surface area (Å²) >= 11 is 0. The second kappa shape index (κ2) is 7.36. The molecule has 0 unspecified atom stereocenters. The number of likely N-dealkylation sites (tertiary alicyclic amines) is 1. The number of rotatable bonds is 5. The van der Waals surface area contributed by atoms with E-state index < -0.39 is 5.97 Å². The van der Waals surface area contributed by atoms with E-state index in [2.05, 4.69) is 19.4 Å². The Bertz CT molecular complexity index is 961. The van der Waals surface area contributed by atoms with E-state index in [0.29, 0.717) is 25.3 Å². The molecule has 0 spiro atoms. The van der Waals surface area contributed by atoms with E-state index >= 15 is 0 Å². The van der Waals surface area contributed by atoms with E-state index in [0.717, 1.165) is 35.4 Å². The van der Waals surface area contributed by atoms with E-state index in [4.69, 9.17) is 9.84 Å². The van der Waals surface area contributed by atoms with Gasteiger partial charge in [-0.1, -0.05) is 0 Å². The maximum absolute atomic E-state index is 11.1.